The zero-order valence-corrected chi connectivity index (χ0v) is 17.7. The number of pyridine rings is 1. The summed E-state index contributed by atoms with van der Waals surface area (Å²) in [6.45, 7) is 1.13. The molecule has 3 aromatic rings. The molecule has 0 aliphatic carbocycles. The number of rotatable bonds is 6. The van der Waals surface area contributed by atoms with Crippen molar-refractivity contribution in [3.8, 4) is 11.5 Å². The number of thiophene rings is 1. The highest BCUT2D eigenvalue weighted by Crippen LogP contribution is 2.39. The Morgan fingerprint density at radius 2 is 2.03 bits per heavy atom. The Hall–Kier alpha value is -3.13. The van der Waals surface area contributed by atoms with Crippen LogP contribution in [0, 0.1) is 0 Å². The molecule has 1 aliphatic heterocycles. The van der Waals surface area contributed by atoms with Gasteiger partial charge < -0.3 is 19.7 Å². The van der Waals surface area contributed by atoms with Crippen molar-refractivity contribution in [1.82, 2.24) is 15.2 Å². The lowest BCUT2D eigenvalue weighted by atomic mass is 9.95. The largest absolute Gasteiger partial charge is 0.493 e. The van der Waals surface area contributed by atoms with Gasteiger partial charge in [0.05, 0.1) is 12.0 Å². The number of likely N-dealkylation sites (tertiary alicyclic amines) is 1. The Labute approximate surface area is 178 Å². The van der Waals surface area contributed by atoms with Crippen LogP contribution in [0.15, 0.2) is 42.6 Å². The van der Waals surface area contributed by atoms with Gasteiger partial charge >= 0.3 is 0 Å². The van der Waals surface area contributed by atoms with E-state index in [-0.39, 0.29) is 24.3 Å². The number of para-hydroxylation sites is 2. The lowest BCUT2D eigenvalue weighted by Crippen LogP contribution is -2.33. The number of carbonyl (C=O) groups is 2. The van der Waals surface area contributed by atoms with E-state index in [0.29, 0.717) is 29.5 Å². The van der Waals surface area contributed by atoms with Gasteiger partial charge in [0.25, 0.3) is 11.8 Å². The SMILES string of the molecule is CNC(=O)c1sc2ncccc2c1[C@@H]1CCN(C(=O)COc2ccccc2OC)C1. The molecule has 7 nitrogen and oxygen atoms in total. The van der Waals surface area contributed by atoms with Crippen molar-refractivity contribution in [3.05, 3.63) is 53.0 Å². The van der Waals surface area contributed by atoms with Crippen LogP contribution >= 0.6 is 11.3 Å². The molecular weight excluding hydrogens is 402 g/mol. The minimum atomic E-state index is -0.114. The van der Waals surface area contributed by atoms with Crippen molar-refractivity contribution < 1.29 is 19.1 Å². The molecule has 4 rings (SSSR count). The van der Waals surface area contributed by atoms with E-state index in [2.05, 4.69) is 10.3 Å². The van der Waals surface area contributed by atoms with Crippen LogP contribution < -0.4 is 14.8 Å². The van der Waals surface area contributed by atoms with Crippen LogP contribution in [0.25, 0.3) is 10.2 Å². The highest BCUT2D eigenvalue weighted by atomic mass is 32.1. The summed E-state index contributed by atoms with van der Waals surface area (Å²) in [6, 6.07) is 11.1. The number of amides is 2. The minimum Gasteiger partial charge on any atom is -0.493 e. The first-order valence-corrected chi connectivity index (χ1v) is 10.6. The van der Waals surface area contributed by atoms with Crippen LogP contribution in [0.5, 0.6) is 11.5 Å². The lowest BCUT2D eigenvalue weighted by molar-refractivity contribution is -0.132. The van der Waals surface area contributed by atoms with Crippen LogP contribution in [-0.2, 0) is 4.79 Å². The predicted octanol–water partition coefficient (Wildman–Crippen LogP) is 3.06. The lowest BCUT2D eigenvalue weighted by Gasteiger charge is -2.18. The molecular formula is C22H23N3O4S. The molecule has 0 radical (unpaired) electrons. The second-order valence-electron chi connectivity index (χ2n) is 7.04. The maximum Gasteiger partial charge on any atom is 0.261 e. The quantitative estimate of drug-likeness (QED) is 0.657. The number of fused-ring (bicyclic) bond motifs is 1. The van der Waals surface area contributed by atoms with Gasteiger partial charge in [-0.2, -0.15) is 0 Å². The van der Waals surface area contributed by atoms with Crippen molar-refractivity contribution in [2.75, 3.05) is 33.9 Å². The Morgan fingerprint density at radius 1 is 1.23 bits per heavy atom. The van der Waals surface area contributed by atoms with Gasteiger partial charge in [-0.15, -0.1) is 11.3 Å². The third-order valence-electron chi connectivity index (χ3n) is 5.31. The monoisotopic (exact) mass is 425 g/mol. The molecule has 2 amide bonds. The number of hydrogen-bond donors (Lipinski definition) is 1. The summed E-state index contributed by atoms with van der Waals surface area (Å²) in [5.74, 6) is 1.03. The smallest absolute Gasteiger partial charge is 0.261 e. The van der Waals surface area contributed by atoms with E-state index in [0.717, 1.165) is 22.2 Å². The van der Waals surface area contributed by atoms with E-state index < -0.39 is 0 Å². The van der Waals surface area contributed by atoms with Crippen molar-refractivity contribution in [2.24, 2.45) is 0 Å². The molecule has 1 fully saturated rings. The Kier molecular flexibility index (Phi) is 5.85. The first kappa shape index (κ1) is 20.2. The number of methoxy groups -OCH3 is 1. The summed E-state index contributed by atoms with van der Waals surface area (Å²) in [5.41, 5.74) is 0.989. The fourth-order valence-corrected chi connectivity index (χ4v) is 5.01. The Morgan fingerprint density at radius 3 is 2.80 bits per heavy atom. The molecule has 0 spiro atoms. The molecule has 1 aliphatic rings. The zero-order valence-electron chi connectivity index (χ0n) is 16.9. The molecule has 8 heteroatoms. The fraction of sp³-hybridized carbons (Fsp3) is 0.318. The van der Waals surface area contributed by atoms with Gasteiger partial charge in [-0.3, -0.25) is 9.59 Å². The summed E-state index contributed by atoms with van der Waals surface area (Å²) < 4.78 is 11.0. The van der Waals surface area contributed by atoms with Crippen molar-refractivity contribution in [1.29, 1.82) is 0 Å². The van der Waals surface area contributed by atoms with Crippen molar-refractivity contribution in [2.45, 2.75) is 12.3 Å². The molecule has 1 atom stereocenters. The molecule has 1 N–H and O–H groups in total. The number of nitrogens with zero attached hydrogens (tertiary/aromatic N) is 2. The van der Waals surface area contributed by atoms with Gasteiger partial charge in [0.2, 0.25) is 0 Å². The zero-order chi connectivity index (χ0) is 21.1. The van der Waals surface area contributed by atoms with Crippen LogP contribution in [0.3, 0.4) is 0 Å². The summed E-state index contributed by atoms with van der Waals surface area (Å²) in [6.07, 6.45) is 2.53. The third-order valence-corrected chi connectivity index (χ3v) is 6.44. The molecule has 3 heterocycles. The molecule has 2 aromatic heterocycles. The van der Waals surface area contributed by atoms with Crippen LogP contribution in [-0.4, -0.2) is 55.6 Å². The van der Waals surface area contributed by atoms with E-state index in [1.165, 1.54) is 11.3 Å². The maximum atomic E-state index is 12.7. The van der Waals surface area contributed by atoms with E-state index >= 15 is 0 Å². The number of carbonyl (C=O) groups excluding carboxylic acids is 2. The topological polar surface area (TPSA) is 80.8 Å². The van der Waals surface area contributed by atoms with Crippen LogP contribution in [0.4, 0.5) is 0 Å². The maximum absolute atomic E-state index is 12.7. The molecule has 156 valence electrons. The molecule has 1 saturated heterocycles. The fourth-order valence-electron chi connectivity index (χ4n) is 3.83. The number of hydrogen-bond acceptors (Lipinski definition) is 6. The first-order chi connectivity index (χ1) is 14.6. The number of nitrogens with one attached hydrogen (secondary N) is 1. The predicted molar refractivity (Wildman–Crippen MR) is 115 cm³/mol. The summed E-state index contributed by atoms with van der Waals surface area (Å²) in [5, 5.41) is 3.71. The number of aromatic nitrogens is 1. The molecule has 1 aromatic carbocycles. The highest BCUT2D eigenvalue weighted by Gasteiger charge is 2.32. The van der Waals surface area contributed by atoms with Crippen LogP contribution in [0.2, 0.25) is 0 Å². The third kappa shape index (κ3) is 3.82. The molecule has 0 bridgehead atoms. The average molecular weight is 426 g/mol. The summed E-state index contributed by atoms with van der Waals surface area (Å²) >= 11 is 1.40. The number of benzene rings is 1. The number of ether oxygens (including phenoxy) is 2. The first-order valence-electron chi connectivity index (χ1n) is 9.75. The second kappa shape index (κ2) is 8.71. The van der Waals surface area contributed by atoms with Crippen molar-refractivity contribution in [3.63, 3.8) is 0 Å². The standard InChI is InChI=1S/C22H23N3O4S/c1-23-21(27)20-19(15-6-5-10-24-22(15)30-20)14-9-11-25(12-14)18(26)13-29-17-8-4-3-7-16(17)28-2/h3-8,10,14H,9,11-13H2,1-2H3,(H,23,27)/t14-/m1/s1. The highest BCUT2D eigenvalue weighted by molar-refractivity contribution is 7.20. The van der Waals surface area contributed by atoms with E-state index in [9.17, 15) is 9.59 Å². The normalized spacial score (nSPS) is 15.9. The molecule has 30 heavy (non-hydrogen) atoms. The van der Waals surface area contributed by atoms with E-state index in [1.807, 2.05) is 24.3 Å². The molecule has 0 saturated carbocycles. The minimum absolute atomic E-state index is 0.0542. The Bertz CT molecular complexity index is 1080. The van der Waals surface area contributed by atoms with Gasteiger partial charge in [-0.1, -0.05) is 18.2 Å². The summed E-state index contributed by atoms with van der Waals surface area (Å²) in [7, 11) is 3.20. The van der Waals surface area contributed by atoms with Gasteiger partial charge in [0.1, 0.15) is 4.83 Å². The Balaban J connectivity index is 1.49. The van der Waals surface area contributed by atoms with Gasteiger partial charge in [-0.25, -0.2) is 4.98 Å². The van der Waals surface area contributed by atoms with Gasteiger partial charge in [0, 0.05) is 37.6 Å². The average Bonchev–Trinajstić information content (AvgIpc) is 3.41. The second-order valence-corrected chi connectivity index (χ2v) is 8.04. The van der Waals surface area contributed by atoms with E-state index in [1.54, 1.807) is 37.4 Å². The van der Waals surface area contributed by atoms with Crippen molar-refractivity contribution >= 4 is 33.4 Å². The summed E-state index contributed by atoms with van der Waals surface area (Å²) in [4.78, 5) is 32.9. The van der Waals surface area contributed by atoms with Gasteiger partial charge in [0.15, 0.2) is 18.1 Å². The van der Waals surface area contributed by atoms with E-state index in [4.69, 9.17) is 9.47 Å². The van der Waals surface area contributed by atoms with Gasteiger partial charge in [-0.05, 0) is 30.2 Å². The van der Waals surface area contributed by atoms with Crippen LogP contribution in [0.1, 0.15) is 27.6 Å². The molecule has 0 unspecified atom stereocenters.